The van der Waals surface area contributed by atoms with E-state index in [9.17, 15) is 31.5 Å². The molecule has 1 rings (SSSR count). The second kappa shape index (κ2) is 6.93. The number of nitrogens with one attached hydrogen (secondary N) is 2. The Morgan fingerprint density at radius 2 is 1.61 bits per heavy atom. The SMILES string of the molecule is Cc1ccc(C(F)(F)C(=O)NC(C)C(=O)NCC(F)(F)F)cc1. The number of carbonyl (C=O) groups excluding carboxylic acids is 2. The summed E-state index contributed by atoms with van der Waals surface area (Å²) in [6.45, 7) is 1.07. The summed E-state index contributed by atoms with van der Waals surface area (Å²) in [6, 6.07) is 3.35. The highest BCUT2D eigenvalue weighted by molar-refractivity contribution is 5.90. The lowest BCUT2D eigenvalue weighted by atomic mass is 10.1. The number of hydrogen-bond donors (Lipinski definition) is 2. The average Bonchev–Trinajstić information content (AvgIpc) is 2.44. The van der Waals surface area contributed by atoms with Gasteiger partial charge in [0, 0.05) is 5.56 Å². The Morgan fingerprint density at radius 3 is 2.09 bits per heavy atom. The predicted molar refractivity (Wildman–Crippen MR) is 71.7 cm³/mol. The van der Waals surface area contributed by atoms with E-state index in [2.05, 4.69) is 0 Å². The minimum atomic E-state index is -4.63. The zero-order chi connectivity index (χ0) is 17.8. The molecule has 0 bridgehead atoms. The highest BCUT2D eigenvalue weighted by Gasteiger charge is 2.42. The number of rotatable bonds is 5. The quantitative estimate of drug-likeness (QED) is 0.809. The average molecular weight is 338 g/mol. The molecular weight excluding hydrogens is 323 g/mol. The molecule has 0 fully saturated rings. The molecule has 0 aromatic heterocycles. The normalized spacial score (nSPS) is 13.3. The first-order chi connectivity index (χ1) is 10.4. The van der Waals surface area contributed by atoms with Gasteiger partial charge in [0.2, 0.25) is 5.91 Å². The molecule has 0 aliphatic rings. The molecule has 0 saturated carbocycles. The van der Waals surface area contributed by atoms with Crippen molar-refractivity contribution >= 4 is 11.8 Å². The van der Waals surface area contributed by atoms with Crippen molar-refractivity contribution in [1.29, 1.82) is 0 Å². The number of halogens is 5. The van der Waals surface area contributed by atoms with E-state index in [0.717, 1.165) is 19.1 Å². The van der Waals surface area contributed by atoms with E-state index in [1.54, 1.807) is 12.2 Å². The maximum absolute atomic E-state index is 14.0. The van der Waals surface area contributed by atoms with E-state index in [4.69, 9.17) is 0 Å². The molecule has 1 aromatic rings. The fourth-order valence-electron chi connectivity index (χ4n) is 1.59. The Balaban J connectivity index is 2.70. The summed E-state index contributed by atoms with van der Waals surface area (Å²) in [5, 5.41) is 3.20. The number of benzene rings is 1. The zero-order valence-electron chi connectivity index (χ0n) is 12.3. The highest BCUT2D eigenvalue weighted by atomic mass is 19.4. The van der Waals surface area contributed by atoms with Gasteiger partial charge in [0.25, 0.3) is 5.91 Å². The number of alkyl halides is 5. The summed E-state index contributed by atoms with van der Waals surface area (Å²) >= 11 is 0. The third-order valence-electron chi connectivity index (χ3n) is 2.90. The maximum atomic E-state index is 14.0. The molecule has 4 nitrogen and oxygen atoms in total. The molecule has 0 heterocycles. The minimum Gasteiger partial charge on any atom is -0.345 e. The maximum Gasteiger partial charge on any atom is 0.405 e. The minimum absolute atomic E-state index is 0.580. The largest absolute Gasteiger partial charge is 0.405 e. The van der Waals surface area contributed by atoms with Crippen LogP contribution in [0.15, 0.2) is 24.3 Å². The molecule has 0 saturated heterocycles. The molecule has 128 valence electrons. The van der Waals surface area contributed by atoms with Gasteiger partial charge in [-0.05, 0) is 13.8 Å². The summed E-state index contributed by atoms with van der Waals surface area (Å²) in [6.07, 6.45) is -4.63. The van der Waals surface area contributed by atoms with Crippen LogP contribution in [0.2, 0.25) is 0 Å². The van der Waals surface area contributed by atoms with Crippen molar-refractivity contribution in [2.45, 2.75) is 32.0 Å². The van der Waals surface area contributed by atoms with Gasteiger partial charge in [-0.25, -0.2) is 0 Å². The zero-order valence-corrected chi connectivity index (χ0v) is 12.3. The molecule has 1 atom stereocenters. The first-order valence-electron chi connectivity index (χ1n) is 6.54. The Labute approximate surface area is 129 Å². The monoisotopic (exact) mass is 338 g/mol. The van der Waals surface area contributed by atoms with Crippen molar-refractivity contribution in [2.75, 3.05) is 6.54 Å². The summed E-state index contributed by atoms with van der Waals surface area (Å²) in [5.74, 6) is -6.89. The first kappa shape index (κ1) is 18.9. The van der Waals surface area contributed by atoms with Gasteiger partial charge in [-0.3, -0.25) is 9.59 Å². The summed E-state index contributed by atoms with van der Waals surface area (Å²) in [4.78, 5) is 23.0. The van der Waals surface area contributed by atoms with Crippen LogP contribution in [0.4, 0.5) is 22.0 Å². The van der Waals surface area contributed by atoms with Crippen LogP contribution in [0.5, 0.6) is 0 Å². The number of aryl methyl sites for hydroxylation is 1. The second-order valence-electron chi connectivity index (χ2n) is 4.97. The van der Waals surface area contributed by atoms with Crippen LogP contribution in [-0.4, -0.2) is 30.6 Å². The lowest BCUT2D eigenvalue weighted by Crippen LogP contribution is -2.50. The summed E-state index contributed by atoms with van der Waals surface area (Å²) < 4.78 is 63.8. The fraction of sp³-hybridized carbons (Fsp3) is 0.429. The lowest BCUT2D eigenvalue weighted by molar-refractivity contribution is -0.150. The number of amides is 2. The molecule has 0 radical (unpaired) electrons. The van der Waals surface area contributed by atoms with E-state index >= 15 is 0 Å². The van der Waals surface area contributed by atoms with Crippen molar-refractivity contribution in [3.63, 3.8) is 0 Å². The fourth-order valence-corrected chi connectivity index (χ4v) is 1.59. The second-order valence-corrected chi connectivity index (χ2v) is 4.97. The smallest absolute Gasteiger partial charge is 0.345 e. The molecular formula is C14H15F5N2O2. The number of hydrogen-bond acceptors (Lipinski definition) is 2. The molecule has 0 aliphatic heterocycles. The van der Waals surface area contributed by atoms with Crippen LogP contribution < -0.4 is 10.6 Å². The van der Waals surface area contributed by atoms with Crippen molar-refractivity contribution in [1.82, 2.24) is 10.6 Å². The van der Waals surface area contributed by atoms with Crippen LogP contribution in [0, 0.1) is 6.92 Å². The standard InChI is InChI=1S/C14H15F5N2O2/c1-8-3-5-10(6-4-8)14(18,19)12(23)21-9(2)11(22)20-7-13(15,16)17/h3-6,9H,7H2,1-2H3,(H,20,22)(H,21,23). The van der Waals surface area contributed by atoms with Crippen LogP contribution in [0.25, 0.3) is 0 Å². The van der Waals surface area contributed by atoms with E-state index in [1.807, 2.05) is 0 Å². The van der Waals surface area contributed by atoms with Gasteiger partial charge in [-0.1, -0.05) is 29.8 Å². The van der Waals surface area contributed by atoms with Crippen LogP contribution in [0.1, 0.15) is 18.1 Å². The van der Waals surface area contributed by atoms with Crippen LogP contribution >= 0.6 is 0 Å². The Kier molecular flexibility index (Phi) is 5.68. The molecule has 1 aromatic carbocycles. The van der Waals surface area contributed by atoms with Crippen LogP contribution in [-0.2, 0) is 15.5 Å². The summed E-state index contributed by atoms with van der Waals surface area (Å²) in [7, 11) is 0. The van der Waals surface area contributed by atoms with Gasteiger partial charge in [-0.2, -0.15) is 22.0 Å². The molecule has 9 heteroatoms. The Bertz CT molecular complexity index is 570. The Morgan fingerprint density at radius 1 is 1.09 bits per heavy atom. The van der Waals surface area contributed by atoms with Gasteiger partial charge in [0.05, 0.1) is 0 Å². The molecule has 1 unspecified atom stereocenters. The first-order valence-corrected chi connectivity index (χ1v) is 6.54. The molecule has 2 N–H and O–H groups in total. The van der Waals surface area contributed by atoms with E-state index in [1.165, 1.54) is 17.4 Å². The van der Waals surface area contributed by atoms with Crippen molar-refractivity contribution in [2.24, 2.45) is 0 Å². The Hall–Kier alpha value is -2.19. The van der Waals surface area contributed by atoms with E-state index in [0.29, 0.717) is 5.56 Å². The van der Waals surface area contributed by atoms with Crippen LogP contribution in [0.3, 0.4) is 0 Å². The number of carbonyl (C=O) groups is 2. The van der Waals surface area contributed by atoms with Crippen molar-refractivity contribution in [3.05, 3.63) is 35.4 Å². The summed E-state index contributed by atoms with van der Waals surface area (Å²) in [5.41, 5.74) is 0.133. The molecule has 2 amide bonds. The third-order valence-corrected chi connectivity index (χ3v) is 2.90. The molecule has 0 spiro atoms. The van der Waals surface area contributed by atoms with Crippen molar-refractivity contribution < 1.29 is 31.5 Å². The molecule has 0 aliphatic carbocycles. The highest BCUT2D eigenvalue weighted by Crippen LogP contribution is 2.28. The van der Waals surface area contributed by atoms with Gasteiger partial charge in [-0.15, -0.1) is 0 Å². The topological polar surface area (TPSA) is 58.2 Å². The third kappa shape index (κ3) is 5.50. The van der Waals surface area contributed by atoms with E-state index in [-0.39, 0.29) is 0 Å². The van der Waals surface area contributed by atoms with Gasteiger partial charge >= 0.3 is 12.1 Å². The van der Waals surface area contributed by atoms with E-state index < -0.39 is 42.1 Å². The van der Waals surface area contributed by atoms with Gasteiger partial charge in [0.15, 0.2) is 0 Å². The predicted octanol–water partition coefficient (Wildman–Crippen LogP) is 2.27. The molecule has 23 heavy (non-hydrogen) atoms. The van der Waals surface area contributed by atoms with Gasteiger partial charge in [0.1, 0.15) is 12.6 Å². The van der Waals surface area contributed by atoms with Crippen molar-refractivity contribution in [3.8, 4) is 0 Å². The lowest BCUT2D eigenvalue weighted by Gasteiger charge is -2.20. The van der Waals surface area contributed by atoms with Gasteiger partial charge < -0.3 is 10.6 Å².